The fourth-order valence-corrected chi connectivity index (χ4v) is 53.8. The summed E-state index contributed by atoms with van der Waals surface area (Å²) < 4.78 is 1.83. The molecule has 0 amide bonds. The Morgan fingerprint density at radius 1 is 0.955 bits per heavy atom. The van der Waals surface area contributed by atoms with Gasteiger partial charge in [0.1, 0.15) is 0 Å². The first-order chi connectivity index (χ1) is 8.65. The SMILES string of the molecule is CC(C)P(C(C)C)[Si](C)(C)[Ti]([CH3])([CH3])([CH3])([CH3])[C]1=CC=CC1.Cl.Cl. The molecule has 0 fully saturated rings. The average Bonchev–Trinajstić information content (AvgIpc) is 2.65. The van der Waals surface area contributed by atoms with Crippen LogP contribution < -0.4 is 0 Å². The first-order valence-electron chi connectivity index (χ1n) is 8.27. The molecular weight excluding hydrogens is 382 g/mol. The minimum Gasteiger partial charge on any atom is -0.147 e. The summed E-state index contributed by atoms with van der Waals surface area (Å²) >= 11 is -3.12. The van der Waals surface area contributed by atoms with Gasteiger partial charge in [-0.15, -0.1) is 24.8 Å². The molecule has 1 rings (SSSR count). The Hall–Kier alpha value is 1.42. The van der Waals surface area contributed by atoms with Crippen LogP contribution in [0.1, 0.15) is 34.1 Å². The van der Waals surface area contributed by atoms with Gasteiger partial charge in [-0.25, -0.2) is 0 Å². The molecule has 5 heteroatoms. The molecular formula is C17H39Cl2PSiTi. The summed E-state index contributed by atoms with van der Waals surface area (Å²) in [6.45, 7) is 15.4. The van der Waals surface area contributed by atoms with E-state index in [2.05, 4.69) is 79.9 Å². The summed E-state index contributed by atoms with van der Waals surface area (Å²) in [7, 11) is 0.130. The largest absolute Gasteiger partial charge is 0.147 e. The van der Waals surface area contributed by atoms with Crippen molar-refractivity contribution in [3.05, 3.63) is 22.1 Å². The van der Waals surface area contributed by atoms with Crippen LogP contribution in [-0.4, -0.2) is 16.9 Å². The van der Waals surface area contributed by atoms with Gasteiger partial charge in [0.2, 0.25) is 0 Å². The molecule has 0 unspecified atom stereocenters. The Bertz CT molecular complexity index is 450. The molecule has 0 aromatic rings. The first kappa shape index (κ1) is 25.7. The third-order valence-corrected chi connectivity index (χ3v) is 71.0. The molecule has 0 aliphatic heterocycles. The standard InChI is InChI=1S/C8H20PSi.C5H5.4CH3.2ClH.Ti/c1-7(2)9(8(3)4)10(5)6;1-2-4-5-3-1;;;;;;;/h7-8H,1-6H3;1-3H,4H2;4*1H3;2*1H;. The van der Waals surface area contributed by atoms with Crippen LogP contribution in [0.4, 0.5) is 0 Å². The van der Waals surface area contributed by atoms with E-state index in [1.165, 1.54) is 6.42 Å². The molecule has 0 heterocycles. The van der Waals surface area contributed by atoms with Crippen LogP contribution in [0.25, 0.3) is 0 Å². The van der Waals surface area contributed by atoms with E-state index >= 15 is 0 Å². The monoisotopic (exact) mass is 420 g/mol. The van der Waals surface area contributed by atoms with Crippen molar-refractivity contribution < 1.29 is 13.3 Å². The van der Waals surface area contributed by atoms with Crippen LogP contribution in [0.15, 0.2) is 22.1 Å². The van der Waals surface area contributed by atoms with Crippen LogP contribution >= 0.6 is 32.3 Å². The second-order valence-corrected chi connectivity index (χ2v) is 55.6. The van der Waals surface area contributed by atoms with Crippen molar-refractivity contribution in [3.8, 4) is 0 Å². The van der Waals surface area contributed by atoms with Gasteiger partial charge in [0.25, 0.3) is 0 Å². The summed E-state index contributed by atoms with van der Waals surface area (Å²) in [5, 5.41) is 11.0. The van der Waals surface area contributed by atoms with E-state index in [1.54, 1.807) is 0 Å². The maximum absolute atomic E-state index is 3.12. The molecule has 0 saturated carbocycles. The molecule has 0 bridgehead atoms. The molecule has 0 aromatic heterocycles. The van der Waals surface area contributed by atoms with Crippen molar-refractivity contribution in [2.75, 3.05) is 0 Å². The molecule has 0 spiro atoms. The molecule has 0 aromatic carbocycles. The van der Waals surface area contributed by atoms with E-state index in [0.29, 0.717) is 0 Å². The maximum atomic E-state index is 2.74. The Morgan fingerprint density at radius 3 is 1.64 bits per heavy atom. The summed E-state index contributed by atoms with van der Waals surface area (Å²) in [5.41, 5.74) is 0.367. The summed E-state index contributed by atoms with van der Waals surface area (Å²) in [4.78, 5) is 0. The van der Waals surface area contributed by atoms with E-state index in [4.69, 9.17) is 0 Å². The fourth-order valence-electron chi connectivity index (χ4n) is 4.14. The average molecular weight is 421 g/mol. The second kappa shape index (κ2) is 6.97. The van der Waals surface area contributed by atoms with Crippen molar-refractivity contribution in [2.45, 2.75) is 79.4 Å². The van der Waals surface area contributed by atoms with Gasteiger partial charge in [0, 0.05) is 0 Å². The maximum Gasteiger partial charge on any atom is -0.147 e. The molecule has 1 aliphatic carbocycles. The molecule has 0 saturated heterocycles. The van der Waals surface area contributed by atoms with Crippen LogP contribution in [0.3, 0.4) is 0 Å². The Balaban J connectivity index is 0. The van der Waals surface area contributed by atoms with Crippen LogP contribution in [-0.2, 0) is 13.3 Å². The zero-order chi connectivity index (χ0) is 16.0. The number of allylic oxidation sites excluding steroid dienone is 4. The molecule has 1 aliphatic rings. The van der Waals surface area contributed by atoms with Crippen molar-refractivity contribution in [3.63, 3.8) is 0 Å². The van der Waals surface area contributed by atoms with E-state index in [-0.39, 0.29) is 32.3 Å². The zero-order valence-electron chi connectivity index (χ0n) is 16.4. The molecule has 0 radical (unpaired) electrons. The van der Waals surface area contributed by atoms with E-state index in [0.717, 1.165) is 11.3 Å². The van der Waals surface area contributed by atoms with Crippen LogP contribution in [0.5, 0.6) is 0 Å². The van der Waals surface area contributed by atoms with Crippen molar-refractivity contribution >= 4 is 37.9 Å². The Morgan fingerprint density at radius 2 is 1.36 bits per heavy atom. The van der Waals surface area contributed by atoms with Gasteiger partial charge in [-0.1, -0.05) is 0 Å². The molecule has 0 nitrogen and oxygen atoms in total. The topological polar surface area (TPSA) is 0 Å². The van der Waals surface area contributed by atoms with E-state index in [9.17, 15) is 0 Å². The number of hydrogen-bond donors (Lipinski definition) is 0. The molecule has 134 valence electrons. The number of halogens is 2. The molecule has 0 atom stereocenters. The van der Waals surface area contributed by atoms with E-state index < -0.39 is 18.9 Å². The summed E-state index contributed by atoms with van der Waals surface area (Å²) in [6.07, 6.45) is 8.38. The van der Waals surface area contributed by atoms with Gasteiger partial charge in [-0.3, -0.25) is 0 Å². The van der Waals surface area contributed by atoms with Crippen molar-refractivity contribution in [2.24, 2.45) is 0 Å². The third kappa shape index (κ3) is 3.97. The molecule has 0 N–H and O–H groups in total. The second-order valence-electron chi connectivity index (χ2n) is 10.6. The quantitative estimate of drug-likeness (QED) is 0.311. The summed E-state index contributed by atoms with van der Waals surface area (Å²) in [6, 6.07) is 0. The molecule has 22 heavy (non-hydrogen) atoms. The van der Waals surface area contributed by atoms with Crippen molar-refractivity contribution in [1.29, 1.82) is 0 Å². The predicted molar refractivity (Wildman–Crippen MR) is 114 cm³/mol. The smallest absolute Gasteiger partial charge is 0.147 e. The summed E-state index contributed by atoms with van der Waals surface area (Å²) in [5.74, 6) is 0. The third-order valence-electron chi connectivity index (χ3n) is 6.73. The van der Waals surface area contributed by atoms with Gasteiger partial charge in [0.05, 0.1) is 0 Å². The normalized spacial score (nSPS) is 18.7. The van der Waals surface area contributed by atoms with Crippen LogP contribution in [0, 0.1) is 0 Å². The van der Waals surface area contributed by atoms with Gasteiger partial charge < -0.3 is 0 Å². The van der Waals surface area contributed by atoms with E-state index in [1.807, 2.05) is 3.88 Å². The Labute approximate surface area is 152 Å². The minimum atomic E-state index is -3.12. The number of hydrogen-bond acceptors (Lipinski definition) is 0. The number of rotatable bonds is 5. The van der Waals surface area contributed by atoms with Crippen LogP contribution in [0.2, 0.25) is 34.0 Å². The first-order valence-corrected chi connectivity index (χ1v) is 23.0. The van der Waals surface area contributed by atoms with Gasteiger partial charge in [0.15, 0.2) is 0 Å². The Kier molecular flexibility index (Phi) is 8.13. The fraction of sp³-hybridized carbons (Fsp3) is 0.765. The predicted octanol–water partition coefficient (Wildman–Crippen LogP) is 8.09. The van der Waals surface area contributed by atoms with Crippen molar-refractivity contribution in [1.82, 2.24) is 0 Å². The van der Waals surface area contributed by atoms with Gasteiger partial charge in [-0.2, -0.15) is 0 Å². The van der Waals surface area contributed by atoms with Gasteiger partial charge in [-0.05, 0) is 0 Å². The van der Waals surface area contributed by atoms with Gasteiger partial charge >= 0.3 is 128 Å². The zero-order valence-corrected chi connectivity index (χ0v) is 21.4. The minimum absolute atomic E-state index is 0.